The van der Waals surface area contributed by atoms with Crippen LogP contribution in [0.25, 0.3) is 22.8 Å². The molecule has 0 N–H and O–H groups in total. The standard InChI is InChI=1S/C26H24FN5O4/c1-17(27)36-22-15-19(30-14-6-9-24(30)33)10-11-20(22)31-16-23(35-2)26(34)25(29-31)21-12-13-28-32(21)18-7-4-3-5-8-18/h3-5,7-8,10-13,15-17H,6,9,14H2,1-2H3. The van der Waals surface area contributed by atoms with Crippen molar-refractivity contribution in [3.63, 3.8) is 0 Å². The molecule has 0 spiro atoms. The molecular weight excluding hydrogens is 465 g/mol. The van der Waals surface area contributed by atoms with Crippen molar-refractivity contribution in [2.75, 3.05) is 18.6 Å². The zero-order chi connectivity index (χ0) is 25.2. The number of benzene rings is 2. The van der Waals surface area contributed by atoms with E-state index in [-0.39, 0.29) is 23.1 Å². The second-order valence-corrected chi connectivity index (χ2v) is 8.25. The second kappa shape index (κ2) is 9.65. The first-order chi connectivity index (χ1) is 17.5. The number of halogens is 1. The number of carbonyl (C=O) groups excluding carboxylic acids is 1. The highest BCUT2D eigenvalue weighted by molar-refractivity contribution is 5.95. The number of hydrogen-bond acceptors (Lipinski definition) is 6. The lowest BCUT2D eigenvalue weighted by atomic mass is 10.2. The van der Waals surface area contributed by atoms with E-state index in [2.05, 4.69) is 10.2 Å². The van der Waals surface area contributed by atoms with Crippen LogP contribution in [0, 0.1) is 0 Å². The molecule has 0 radical (unpaired) electrons. The zero-order valence-electron chi connectivity index (χ0n) is 19.8. The fourth-order valence-electron chi connectivity index (χ4n) is 4.21. The highest BCUT2D eigenvalue weighted by Gasteiger charge is 2.24. The van der Waals surface area contributed by atoms with Crippen LogP contribution >= 0.6 is 0 Å². The van der Waals surface area contributed by atoms with E-state index in [9.17, 15) is 14.0 Å². The Kier molecular flexibility index (Phi) is 6.24. The summed E-state index contributed by atoms with van der Waals surface area (Å²) in [4.78, 5) is 27.1. The van der Waals surface area contributed by atoms with E-state index >= 15 is 0 Å². The van der Waals surface area contributed by atoms with Crippen LogP contribution in [-0.4, -0.2) is 45.5 Å². The van der Waals surface area contributed by atoms with Gasteiger partial charge in [0.25, 0.3) is 5.43 Å². The van der Waals surface area contributed by atoms with Gasteiger partial charge >= 0.3 is 0 Å². The molecule has 2 aromatic heterocycles. The molecule has 1 aliphatic heterocycles. The van der Waals surface area contributed by atoms with Crippen LogP contribution in [0.1, 0.15) is 19.8 Å². The van der Waals surface area contributed by atoms with Gasteiger partial charge in [-0.1, -0.05) is 18.2 Å². The lowest BCUT2D eigenvalue weighted by Crippen LogP contribution is -2.24. The van der Waals surface area contributed by atoms with Crippen LogP contribution < -0.4 is 19.8 Å². The van der Waals surface area contributed by atoms with Gasteiger partial charge in [-0.05, 0) is 36.8 Å². The zero-order valence-corrected chi connectivity index (χ0v) is 19.8. The van der Waals surface area contributed by atoms with Crippen molar-refractivity contribution in [1.29, 1.82) is 0 Å². The molecule has 36 heavy (non-hydrogen) atoms. The minimum absolute atomic E-state index is 0.00149. The molecule has 2 aromatic carbocycles. The van der Waals surface area contributed by atoms with Gasteiger partial charge in [0.05, 0.1) is 30.9 Å². The Morgan fingerprint density at radius 2 is 1.83 bits per heavy atom. The van der Waals surface area contributed by atoms with Crippen molar-refractivity contribution in [2.45, 2.75) is 26.1 Å². The van der Waals surface area contributed by atoms with Crippen LogP contribution in [0.5, 0.6) is 11.5 Å². The summed E-state index contributed by atoms with van der Waals surface area (Å²) in [5.41, 5.74) is 1.86. The van der Waals surface area contributed by atoms with Gasteiger partial charge in [0.15, 0.2) is 17.2 Å². The summed E-state index contributed by atoms with van der Waals surface area (Å²) in [6, 6.07) is 16.1. The number of amides is 1. The molecule has 0 aliphatic carbocycles. The van der Waals surface area contributed by atoms with Crippen molar-refractivity contribution in [2.24, 2.45) is 0 Å². The van der Waals surface area contributed by atoms with E-state index in [1.54, 1.807) is 40.0 Å². The first kappa shape index (κ1) is 23.3. The number of anilines is 1. The molecule has 4 aromatic rings. The number of carbonyl (C=O) groups is 1. The van der Waals surface area contributed by atoms with Gasteiger partial charge in [0, 0.05) is 31.6 Å². The molecule has 3 heterocycles. The summed E-state index contributed by atoms with van der Waals surface area (Å²) in [5.74, 6) is 0.211. The highest BCUT2D eigenvalue weighted by Crippen LogP contribution is 2.32. The summed E-state index contributed by atoms with van der Waals surface area (Å²) >= 11 is 0. The van der Waals surface area contributed by atoms with Crippen molar-refractivity contribution in [3.05, 3.63) is 77.2 Å². The van der Waals surface area contributed by atoms with E-state index in [1.807, 2.05) is 30.3 Å². The molecule has 10 heteroatoms. The Hall–Kier alpha value is -4.47. The third-order valence-corrected chi connectivity index (χ3v) is 5.86. The van der Waals surface area contributed by atoms with E-state index in [0.717, 1.165) is 12.1 Å². The topological polar surface area (TPSA) is 91.5 Å². The fraction of sp³-hybridized carbons (Fsp3) is 0.231. The summed E-state index contributed by atoms with van der Waals surface area (Å²) in [6.07, 6.45) is 2.60. The molecule has 1 atom stereocenters. The van der Waals surface area contributed by atoms with Crippen molar-refractivity contribution >= 4 is 11.6 Å². The Labute approximate surface area is 206 Å². The smallest absolute Gasteiger partial charge is 0.251 e. The number of para-hydroxylation sites is 1. The Bertz CT molecular complexity index is 1460. The minimum atomic E-state index is -1.62. The van der Waals surface area contributed by atoms with Gasteiger partial charge in [-0.15, -0.1) is 0 Å². The lowest BCUT2D eigenvalue weighted by molar-refractivity contribution is -0.117. The third-order valence-electron chi connectivity index (χ3n) is 5.86. The van der Waals surface area contributed by atoms with Crippen molar-refractivity contribution in [3.8, 4) is 34.3 Å². The Morgan fingerprint density at radius 1 is 1.03 bits per heavy atom. The summed E-state index contributed by atoms with van der Waals surface area (Å²) < 4.78 is 27.8. The normalized spacial score (nSPS) is 14.2. The molecule has 0 saturated carbocycles. The molecule has 1 saturated heterocycles. The molecule has 184 valence electrons. The maximum atomic E-state index is 14.0. The molecule has 1 aliphatic rings. The lowest BCUT2D eigenvalue weighted by Gasteiger charge is -2.20. The van der Waals surface area contributed by atoms with Gasteiger partial charge in [0.2, 0.25) is 12.3 Å². The average molecular weight is 490 g/mol. The fourth-order valence-corrected chi connectivity index (χ4v) is 4.21. The monoisotopic (exact) mass is 489 g/mol. The molecular formula is C26H24FN5O4. The predicted octanol–water partition coefficient (Wildman–Crippen LogP) is 3.91. The average Bonchev–Trinajstić information content (AvgIpc) is 3.54. The van der Waals surface area contributed by atoms with Gasteiger partial charge in [-0.3, -0.25) is 9.59 Å². The molecule has 5 rings (SSSR count). The number of methoxy groups -OCH3 is 1. The maximum Gasteiger partial charge on any atom is 0.251 e. The number of aromatic nitrogens is 4. The molecule has 1 amide bonds. The first-order valence-corrected chi connectivity index (χ1v) is 11.5. The first-order valence-electron chi connectivity index (χ1n) is 11.5. The number of rotatable bonds is 7. The van der Waals surface area contributed by atoms with Crippen LogP contribution in [0.15, 0.2) is 71.8 Å². The van der Waals surface area contributed by atoms with E-state index in [1.165, 1.54) is 24.9 Å². The number of alkyl halides is 1. The van der Waals surface area contributed by atoms with E-state index in [4.69, 9.17) is 9.47 Å². The van der Waals surface area contributed by atoms with Crippen LogP contribution in [0.2, 0.25) is 0 Å². The molecule has 1 fully saturated rings. The summed E-state index contributed by atoms with van der Waals surface area (Å²) in [5, 5.41) is 8.93. The Morgan fingerprint density at radius 3 is 2.53 bits per heavy atom. The van der Waals surface area contributed by atoms with Gasteiger partial charge in [-0.25, -0.2) is 13.8 Å². The number of nitrogens with zero attached hydrogens (tertiary/aromatic N) is 5. The highest BCUT2D eigenvalue weighted by atomic mass is 19.1. The van der Waals surface area contributed by atoms with Crippen LogP contribution in [0.4, 0.5) is 10.1 Å². The second-order valence-electron chi connectivity index (χ2n) is 8.25. The summed E-state index contributed by atoms with van der Waals surface area (Å²) in [6.45, 7) is 1.85. The van der Waals surface area contributed by atoms with Crippen molar-refractivity contribution in [1.82, 2.24) is 19.6 Å². The SMILES string of the molecule is COc1cn(-c2ccc(N3CCCC3=O)cc2OC(C)F)nc(-c2ccnn2-c2ccccc2)c1=O. The minimum Gasteiger partial charge on any atom is -0.491 e. The van der Waals surface area contributed by atoms with E-state index in [0.29, 0.717) is 30.0 Å². The summed E-state index contributed by atoms with van der Waals surface area (Å²) in [7, 11) is 1.39. The quantitative estimate of drug-likeness (QED) is 0.391. The molecule has 0 bridgehead atoms. The maximum absolute atomic E-state index is 14.0. The van der Waals surface area contributed by atoms with Gasteiger partial charge in [0.1, 0.15) is 5.69 Å². The molecule has 9 nitrogen and oxygen atoms in total. The van der Waals surface area contributed by atoms with Crippen molar-refractivity contribution < 1.29 is 18.7 Å². The third kappa shape index (κ3) is 4.33. The number of ether oxygens (including phenoxy) is 2. The van der Waals surface area contributed by atoms with Crippen LogP contribution in [-0.2, 0) is 4.79 Å². The molecule has 1 unspecified atom stereocenters. The van der Waals surface area contributed by atoms with Crippen LogP contribution in [0.3, 0.4) is 0 Å². The number of hydrogen-bond donors (Lipinski definition) is 0. The Balaban J connectivity index is 1.66. The van der Waals surface area contributed by atoms with Gasteiger partial charge in [-0.2, -0.15) is 10.2 Å². The predicted molar refractivity (Wildman–Crippen MR) is 132 cm³/mol. The van der Waals surface area contributed by atoms with Gasteiger partial charge < -0.3 is 14.4 Å². The largest absolute Gasteiger partial charge is 0.491 e. The van der Waals surface area contributed by atoms with E-state index < -0.39 is 11.8 Å².